The van der Waals surface area contributed by atoms with E-state index in [2.05, 4.69) is 0 Å². The number of hydrogen-bond acceptors (Lipinski definition) is 2. The van der Waals surface area contributed by atoms with Gasteiger partial charge in [0.2, 0.25) is 0 Å². The smallest absolute Gasteiger partial charge is 0.392 e. The molecule has 0 bridgehead atoms. The summed E-state index contributed by atoms with van der Waals surface area (Å²) in [5, 5.41) is 8.70. The lowest BCUT2D eigenvalue weighted by atomic mass is 10.1. The SMILES string of the molecule is CSc1c(C(F)(F)F)ccc(CO)c1F. The lowest BCUT2D eigenvalue weighted by molar-refractivity contribution is -0.140. The normalized spacial score (nSPS) is 11.9. The molecule has 0 amide bonds. The molecule has 1 aromatic carbocycles. The minimum atomic E-state index is -4.58. The van der Waals surface area contributed by atoms with Gasteiger partial charge in [-0.1, -0.05) is 6.07 Å². The number of alkyl halides is 3. The van der Waals surface area contributed by atoms with Crippen LogP contribution in [0.1, 0.15) is 11.1 Å². The summed E-state index contributed by atoms with van der Waals surface area (Å²) in [6.07, 6.45) is -3.22. The van der Waals surface area contributed by atoms with Crippen LogP contribution >= 0.6 is 11.8 Å². The van der Waals surface area contributed by atoms with E-state index in [1.54, 1.807) is 0 Å². The molecule has 84 valence electrons. The molecule has 0 aliphatic carbocycles. The first-order valence-electron chi connectivity index (χ1n) is 3.95. The summed E-state index contributed by atoms with van der Waals surface area (Å²) in [4.78, 5) is -0.478. The van der Waals surface area contributed by atoms with E-state index in [1.807, 2.05) is 0 Å². The van der Waals surface area contributed by atoms with Crippen LogP contribution in [0, 0.1) is 5.82 Å². The van der Waals surface area contributed by atoms with Crippen LogP contribution in [0.3, 0.4) is 0 Å². The molecule has 15 heavy (non-hydrogen) atoms. The zero-order chi connectivity index (χ0) is 11.6. The Morgan fingerprint density at radius 2 is 1.93 bits per heavy atom. The predicted molar refractivity (Wildman–Crippen MR) is 49.1 cm³/mol. The third-order valence-corrected chi connectivity index (χ3v) is 2.66. The van der Waals surface area contributed by atoms with E-state index in [0.717, 1.165) is 12.1 Å². The first kappa shape index (κ1) is 12.3. The van der Waals surface area contributed by atoms with Gasteiger partial charge in [0.25, 0.3) is 0 Å². The zero-order valence-electron chi connectivity index (χ0n) is 7.73. The van der Waals surface area contributed by atoms with E-state index in [-0.39, 0.29) is 5.56 Å². The molecule has 0 unspecified atom stereocenters. The molecule has 0 atom stereocenters. The van der Waals surface area contributed by atoms with Gasteiger partial charge in [0.15, 0.2) is 0 Å². The molecule has 0 spiro atoms. The zero-order valence-corrected chi connectivity index (χ0v) is 8.55. The first-order valence-corrected chi connectivity index (χ1v) is 5.17. The van der Waals surface area contributed by atoms with Crippen LogP contribution in [-0.2, 0) is 12.8 Å². The second-order valence-corrected chi connectivity index (χ2v) is 3.59. The molecule has 0 saturated carbocycles. The quantitative estimate of drug-likeness (QED) is 0.633. The van der Waals surface area contributed by atoms with Crippen molar-refractivity contribution in [3.05, 3.63) is 29.1 Å². The van der Waals surface area contributed by atoms with Crippen LogP contribution in [0.4, 0.5) is 17.6 Å². The maximum absolute atomic E-state index is 13.4. The molecule has 0 aromatic heterocycles. The number of aliphatic hydroxyl groups is 1. The Morgan fingerprint density at radius 1 is 1.33 bits per heavy atom. The van der Waals surface area contributed by atoms with Crippen LogP contribution in [0.15, 0.2) is 17.0 Å². The molecule has 0 aliphatic rings. The molecular weight excluding hydrogens is 232 g/mol. The maximum Gasteiger partial charge on any atom is 0.417 e. The predicted octanol–water partition coefficient (Wildman–Crippen LogP) is 3.06. The van der Waals surface area contributed by atoms with Crippen molar-refractivity contribution >= 4 is 11.8 Å². The standard InChI is InChI=1S/C9H8F4OS/c1-15-8-6(9(11,12)13)3-2-5(4-14)7(8)10/h2-3,14H,4H2,1H3. The van der Waals surface area contributed by atoms with Crippen molar-refractivity contribution in [2.24, 2.45) is 0 Å². The molecule has 0 heterocycles. The van der Waals surface area contributed by atoms with Crippen molar-refractivity contribution in [3.8, 4) is 0 Å². The highest BCUT2D eigenvalue weighted by molar-refractivity contribution is 7.98. The molecule has 0 fully saturated rings. The van der Waals surface area contributed by atoms with Gasteiger partial charge in [0.1, 0.15) is 5.82 Å². The van der Waals surface area contributed by atoms with Crippen molar-refractivity contribution in [2.75, 3.05) is 6.26 Å². The maximum atomic E-state index is 13.4. The van der Waals surface area contributed by atoms with E-state index in [9.17, 15) is 17.6 Å². The molecular formula is C9H8F4OS. The second kappa shape index (κ2) is 4.40. The summed E-state index contributed by atoms with van der Waals surface area (Å²) in [5.74, 6) is -1.00. The van der Waals surface area contributed by atoms with Crippen molar-refractivity contribution in [2.45, 2.75) is 17.7 Å². The molecule has 1 nitrogen and oxygen atoms in total. The van der Waals surface area contributed by atoms with Gasteiger partial charge in [0.05, 0.1) is 17.1 Å². The van der Waals surface area contributed by atoms with Crippen molar-refractivity contribution in [3.63, 3.8) is 0 Å². The van der Waals surface area contributed by atoms with Gasteiger partial charge in [-0.15, -0.1) is 11.8 Å². The Labute approximate surface area is 88.1 Å². The minimum Gasteiger partial charge on any atom is -0.392 e. The Balaban J connectivity index is 3.38. The summed E-state index contributed by atoms with van der Waals surface area (Å²) < 4.78 is 50.6. The lowest BCUT2D eigenvalue weighted by Gasteiger charge is -2.13. The van der Waals surface area contributed by atoms with Gasteiger partial charge in [-0.3, -0.25) is 0 Å². The monoisotopic (exact) mass is 240 g/mol. The average molecular weight is 240 g/mol. The average Bonchev–Trinajstić information content (AvgIpc) is 2.15. The van der Waals surface area contributed by atoms with Gasteiger partial charge < -0.3 is 5.11 Å². The van der Waals surface area contributed by atoms with Crippen LogP contribution in [0.2, 0.25) is 0 Å². The Hall–Kier alpha value is -0.750. The summed E-state index contributed by atoms with van der Waals surface area (Å²) in [6, 6.07) is 1.72. The van der Waals surface area contributed by atoms with E-state index in [1.165, 1.54) is 6.26 Å². The Morgan fingerprint density at radius 3 is 2.33 bits per heavy atom. The van der Waals surface area contributed by atoms with Crippen LogP contribution in [0.25, 0.3) is 0 Å². The molecule has 1 N–H and O–H groups in total. The first-order chi connectivity index (χ1) is 6.91. The van der Waals surface area contributed by atoms with Gasteiger partial charge in [-0.2, -0.15) is 13.2 Å². The fraction of sp³-hybridized carbons (Fsp3) is 0.333. The highest BCUT2D eigenvalue weighted by atomic mass is 32.2. The fourth-order valence-corrected chi connectivity index (χ4v) is 1.86. The number of hydrogen-bond donors (Lipinski definition) is 1. The van der Waals surface area contributed by atoms with Crippen LogP contribution < -0.4 is 0 Å². The number of rotatable bonds is 2. The molecule has 6 heteroatoms. The second-order valence-electron chi connectivity index (χ2n) is 2.78. The topological polar surface area (TPSA) is 20.2 Å². The number of halogens is 4. The number of benzene rings is 1. The van der Waals surface area contributed by atoms with E-state index >= 15 is 0 Å². The molecule has 1 aromatic rings. The summed E-state index contributed by atoms with van der Waals surface area (Å²) in [5.41, 5.74) is -1.14. The molecule has 1 rings (SSSR count). The Bertz CT molecular complexity index is 362. The Kier molecular flexibility index (Phi) is 3.62. The van der Waals surface area contributed by atoms with E-state index in [0.29, 0.717) is 11.8 Å². The number of aliphatic hydroxyl groups excluding tert-OH is 1. The lowest BCUT2D eigenvalue weighted by Crippen LogP contribution is -2.09. The van der Waals surface area contributed by atoms with Gasteiger partial charge in [-0.05, 0) is 12.3 Å². The largest absolute Gasteiger partial charge is 0.417 e. The molecule has 0 radical (unpaired) electrons. The van der Waals surface area contributed by atoms with Crippen LogP contribution in [-0.4, -0.2) is 11.4 Å². The van der Waals surface area contributed by atoms with Gasteiger partial charge in [0, 0.05) is 5.56 Å². The summed E-state index contributed by atoms with van der Waals surface area (Å²) in [6.45, 7) is -0.614. The van der Waals surface area contributed by atoms with Crippen molar-refractivity contribution in [1.29, 1.82) is 0 Å². The van der Waals surface area contributed by atoms with Crippen LogP contribution in [0.5, 0.6) is 0 Å². The highest BCUT2D eigenvalue weighted by Crippen LogP contribution is 2.38. The minimum absolute atomic E-state index is 0.132. The fourth-order valence-electron chi connectivity index (χ4n) is 1.14. The van der Waals surface area contributed by atoms with Gasteiger partial charge in [-0.25, -0.2) is 4.39 Å². The molecule has 0 aliphatic heterocycles. The van der Waals surface area contributed by atoms with E-state index < -0.39 is 29.1 Å². The van der Waals surface area contributed by atoms with Crippen molar-refractivity contribution in [1.82, 2.24) is 0 Å². The number of thioether (sulfide) groups is 1. The highest BCUT2D eigenvalue weighted by Gasteiger charge is 2.35. The van der Waals surface area contributed by atoms with Gasteiger partial charge >= 0.3 is 6.18 Å². The summed E-state index contributed by atoms with van der Waals surface area (Å²) in [7, 11) is 0. The van der Waals surface area contributed by atoms with Crippen molar-refractivity contribution < 1.29 is 22.7 Å². The van der Waals surface area contributed by atoms with E-state index in [4.69, 9.17) is 5.11 Å². The molecule has 0 saturated heterocycles. The third-order valence-electron chi connectivity index (χ3n) is 1.86. The summed E-state index contributed by atoms with van der Waals surface area (Å²) >= 11 is 0.672. The third kappa shape index (κ3) is 2.43.